The van der Waals surface area contributed by atoms with Crippen LogP contribution in [0.3, 0.4) is 0 Å². The lowest BCUT2D eigenvalue weighted by Gasteiger charge is -2.20. The van der Waals surface area contributed by atoms with Crippen LogP contribution in [0.15, 0.2) is 24.3 Å². The van der Waals surface area contributed by atoms with E-state index in [1.165, 1.54) is 25.7 Å². The van der Waals surface area contributed by atoms with Crippen LogP contribution in [0, 0.1) is 0 Å². The standard InChI is InChI=1S/C20H32N2O4/c23-17(13-21-8-1-2-9-21)15-25-19-6-5-7-20(12-19)26-16-18(24)14-22-10-3-4-11-22/h5-7,12,17-18,23-24H,1-4,8-11,13-16H2/t17-,18-/m0/s1. The minimum Gasteiger partial charge on any atom is -0.491 e. The Bertz CT molecular complexity index is 487. The van der Waals surface area contributed by atoms with Crippen LogP contribution in [-0.4, -0.2) is 84.7 Å². The van der Waals surface area contributed by atoms with Crippen molar-refractivity contribution in [3.63, 3.8) is 0 Å². The summed E-state index contributed by atoms with van der Waals surface area (Å²) >= 11 is 0. The molecule has 2 aliphatic rings. The average Bonchev–Trinajstić information content (AvgIpc) is 3.33. The van der Waals surface area contributed by atoms with Crippen molar-refractivity contribution in [2.75, 3.05) is 52.5 Å². The minimum absolute atomic E-state index is 0.275. The summed E-state index contributed by atoms with van der Waals surface area (Å²) in [5, 5.41) is 20.2. The van der Waals surface area contributed by atoms with Crippen molar-refractivity contribution in [1.29, 1.82) is 0 Å². The van der Waals surface area contributed by atoms with Gasteiger partial charge in [0.05, 0.1) is 0 Å². The molecule has 2 aliphatic heterocycles. The molecule has 2 heterocycles. The lowest BCUT2D eigenvalue weighted by Crippen LogP contribution is -2.33. The second-order valence-electron chi connectivity index (χ2n) is 7.42. The van der Waals surface area contributed by atoms with Crippen LogP contribution in [0.1, 0.15) is 25.7 Å². The molecule has 2 fully saturated rings. The summed E-state index contributed by atoms with van der Waals surface area (Å²) in [5.41, 5.74) is 0. The highest BCUT2D eigenvalue weighted by atomic mass is 16.5. The highest BCUT2D eigenvalue weighted by molar-refractivity contribution is 5.33. The molecule has 1 aromatic rings. The van der Waals surface area contributed by atoms with E-state index < -0.39 is 12.2 Å². The topological polar surface area (TPSA) is 65.4 Å². The van der Waals surface area contributed by atoms with Gasteiger partial charge in [-0.25, -0.2) is 0 Å². The summed E-state index contributed by atoms with van der Waals surface area (Å²) in [4.78, 5) is 4.55. The van der Waals surface area contributed by atoms with Gasteiger partial charge in [-0.05, 0) is 64.0 Å². The lowest BCUT2D eigenvalue weighted by molar-refractivity contribution is 0.0730. The van der Waals surface area contributed by atoms with Gasteiger partial charge in [0.15, 0.2) is 0 Å². The van der Waals surface area contributed by atoms with Crippen molar-refractivity contribution < 1.29 is 19.7 Å². The lowest BCUT2D eigenvalue weighted by atomic mass is 10.3. The molecular formula is C20H32N2O4. The zero-order valence-corrected chi connectivity index (χ0v) is 15.6. The third-order valence-corrected chi connectivity index (χ3v) is 5.03. The van der Waals surface area contributed by atoms with E-state index >= 15 is 0 Å². The summed E-state index contributed by atoms with van der Waals surface area (Å²) in [5.74, 6) is 1.36. The Kier molecular flexibility index (Phi) is 7.55. The largest absolute Gasteiger partial charge is 0.491 e. The van der Waals surface area contributed by atoms with Gasteiger partial charge in [-0.15, -0.1) is 0 Å². The van der Waals surface area contributed by atoms with Crippen LogP contribution >= 0.6 is 0 Å². The second kappa shape index (κ2) is 10.1. The Morgan fingerprint density at radius 3 is 1.62 bits per heavy atom. The Morgan fingerprint density at radius 1 is 0.769 bits per heavy atom. The van der Waals surface area contributed by atoms with Gasteiger partial charge in [0, 0.05) is 19.2 Å². The van der Waals surface area contributed by atoms with Crippen molar-refractivity contribution in [2.24, 2.45) is 0 Å². The fourth-order valence-corrected chi connectivity index (χ4v) is 3.67. The predicted octanol–water partition coefficient (Wildman–Crippen LogP) is 1.36. The van der Waals surface area contributed by atoms with Gasteiger partial charge in [0.25, 0.3) is 0 Å². The Balaban J connectivity index is 1.37. The summed E-state index contributed by atoms with van der Waals surface area (Å²) in [6.07, 6.45) is 3.90. The Labute approximate surface area is 156 Å². The van der Waals surface area contributed by atoms with Gasteiger partial charge in [0.1, 0.15) is 36.9 Å². The molecule has 2 atom stereocenters. The minimum atomic E-state index is -0.486. The molecule has 3 rings (SSSR count). The van der Waals surface area contributed by atoms with Gasteiger partial charge in [-0.1, -0.05) is 6.07 Å². The van der Waals surface area contributed by atoms with Gasteiger partial charge >= 0.3 is 0 Å². The third kappa shape index (κ3) is 6.43. The Hall–Kier alpha value is -1.34. The molecule has 1 aromatic carbocycles. The summed E-state index contributed by atoms with van der Waals surface area (Å²) in [6, 6.07) is 7.39. The first-order chi connectivity index (χ1) is 12.7. The Morgan fingerprint density at radius 2 is 1.19 bits per heavy atom. The monoisotopic (exact) mass is 364 g/mol. The van der Waals surface area contributed by atoms with Crippen molar-refractivity contribution in [3.8, 4) is 11.5 Å². The van der Waals surface area contributed by atoms with Crippen LogP contribution in [0.25, 0.3) is 0 Å². The SMILES string of the molecule is O[C@H](COc1cccc(OC[C@@H](O)CN2CCCC2)c1)CN1CCCC1. The maximum Gasteiger partial charge on any atom is 0.123 e. The van der Waals surface area contributed by atoms with E-state index in [2.05, 4.69) is 9.80 Å². The highest BCUT2D eigenvalue weighted by Gasteiger charge is 2.17. The molecule has 2 saturated heterocycles. The van der Waals surface area contributed by atoms with Crippen molar-refractivity contribution in [2.45, 2.75) is 37.9 Å². The van der Waals surface area contributed by atoms with E-state index in [4.69, 9.17) is 9.47 Å². The molecule has 0 aromatic heterocycles. The number of hydrogen-bond acceptors (Lipinski definition) is 6. The number of likely N-dealkylation sites (tertiary alicyclic amines) is 2. The van der Waals surface area contributed by atoms with Crippen LogP contribution < -0.4 is 9.47 Å². The fourth-order valence-electron chi connectivity index (χ4n) is 3.67. The smallest absolute Gasteiger partial charge is 0.123 e. The van der Waals surface area contributed by atoms with E-state index in [-0.39, 0.29) is 13.2 Å². The molecule has 0 radical (unpaired) electrons. The highest BCUT2D eigenvalue weighted by Crippen LogP contribution is 2.20. The summed E-state index contributed by atoms with van der Waals surface area (Å²) < 4.78 is 11.4. The number of hydrogen-bond donors (Lipinski definition) is 2. The van der Waals surface area contributed by atoms with E-state index in [1.807, 2.05) is 24.3 Å². The van der Waals surface area contributed by atoms with E-state index in [1.54, 1.807) is 0 Å². The van der Waals surface area contributed by atoms with Crippen molar-refractivity contribution in [1.82, 2.24) is 9.80 Å². The first kappa shape index (κ1) is 19.4. The second-order valence-corrected chi connectivity index (χ2v) is 7.42. The number of ether oxygens (including phenoxy) is 2. The third-order valence-electron chi connectivity index (χ3n) is 5.03. The molecule has 0 bridgehead atoms. The number of rotatable bonds is 10. The molecule has 0 unspecified atom stereocenters. The molecule has 2 N–H and O–H groups in total. The van der Waals surface area contributed by atoms with Gasteiger partial charge < -0.3 is 29.5 Å². The first-order valence-corrected chi connectivity index (χ1v) is 9.85. The number of aliphatic hydroxyl groups excluding tert-OH is 2. The summed E-state index contributed by atoms with van der Waals surface area (Å²) in [7, 11) is 0. The first-order valence-electron chi connectivity index (χ1n) is 9.85. The normalized spacial score (nSPS) is 21.0. The van der Waals surface area contributed by atoms with Crippen LogP contribution in [0.4, 0.5) is 0 Å². The molecular weight excluding hydrogens is 332 g/mol. The van der Waals surface area contributed by atoms with E-state index in [0.29, 0.717) is 24.6 Å². The predicted molar refractivity (Wildman–Crippen MR) is 101 cm³/mol. The van der Waals surface area contributed by atoms with Crippen LogP contribution in [0.5, 0.6) is 11.5 Å². The van der Waals surface area contributed by atoms with Gasteiger partial charge in [-0.2, -0.15) is 0 Å². The molecule has 0 amide bonds. The maximum atomic E-state index is 10.1. The van der Waals surface area contributed by atoms with Gasteiger partial charge in [0.2, 0.25) is 0 Å². The van der Waals surface area contributed by atoms with Crippen LogP contribution in [0.2, 0.25) is 0 Å². The fraction of sp³-hybridized carbons (Fsp3) is 0.700. The maximum absolute atomic E-state index is 10.1. The zero-order chi connectivity index (χ0) is 18.2. The number of β-amino-alcohol motifs (C(OH)–C–C–N with tert-alkyl or cyclic N) is 2. The number of benzene rings is 1. The quantitative estimate of drug-likeness (QED) is 0.654. The number of nitrogens with zero attached hydrogens (tertiary/aromatic N) is 2. The number of aliphatic hydroxyl groups is 2. The van der Waals surface area contributed by atoms with E-state index in [9.17, 15) is 10.2 Å². The average molecular weight is 364 g/mol. The van der Waals surface area contributed by atoms with Gasteiger partial charge in [-0.3, -0.25) is 0 Å². The molecule has 0 saturated carbocycles. The zero-order valence-electron chi connectivity index (χ0n) is 15.6. The van der Waals surface area contributed by atoms with E-state index in [0.717, 1.165) is 26.2 Å². The molecule has 146 valence electrons. The van der Waals surface area contributed by atoms with Crippen molar-refractivity contribution in [3.05, 3.63) is 24.3 Å². The molecule has 6 nitrogen and oxygen atoms in total. The molecule has 0 spiro atoms. The molecule has 6 heteroatoms. The summed E-state index contributed by atoms with van der Waals surface area (Å²) in [6.45, 7) is 6.16. The molecule has 26 heavy (non-hydrogen) atoms. The molecule has 0 aliphatic carbocycles. The van der Waals surface area contributed by atoms with Crippen LogP contribution in [-0.2, 0) is 0 Å². The van der Waals surface area contributed by atoms with Crippen molar-refractivity contribution >= 4 is 0 Å².